The predicted molar refractivity (Wildman–Crippen MR) is 43.7 cm³/mol. The molecule has 0 unspecified atom stereocenters. The summed E-state index contributed by atoms with van der Waals surface area (Å²) in [5, 5.41) is 35.3. The molecule has 0 amide bonds. The van der Waals surface area contributed by atoms with Crippen molar-refractivity contribution in [3.05, 3.63) is 0 Å². The third-order valence-corrected chi connectivity index (χ3v) is 2.04. The number of phosphoric acid groups is 1. The van der Waals surface area contributed by atoms with Gasteiger partial charge in [0.05, 0.1) is 14.4 Å². The van der Waals surface area contributed by atoms with Gasteiger partial charge in [-0.05, 0) is 0 Å². The van der Waals surface area contributed by atoms with E-state index in [0.29, 0.717) is 0 Å². The third kappa shape index (κ3) is 8.04. The van der Waals surface area contributed by atoms with Crippen LogP contribution in [0.1, 0.15) is 0 Å². The minimum absolute atomic E-state index is 0. The van der Waals surface area contributed by atoms with Crippen molar-refractivity contribution in [2.24, 2.45) is 0 Å². The van der Waals surface area contributed by atoms with E-state index in [-0.39, 0.29) is 19.5 Å². The average Bonchev–Trinajstić information content (AvgIpc) is 2.21. The standard InChI is InChI=1S/C6H13O9P.Zn/c7-1-3(8)5(10)6(11)4(9)2-15-16(12,13)14;/h3,5-8,10-11H,1-2H2,(H2,12,13,14);/q;+2/p-2/t3-,5-,6-;/m1./s1. The zero-order chi connectivity index (χ0) is 12.9. The molecule has 9 nitrogen and oxygen atoms in total. The minimum atomic E-state index is -5.35. The topological polar surface area (TPSA) is 170 Å². The number of aliphatic hydroxyl groups excluding tert-OH is 4. The first-order valence-corrected chi connectivity index (χ1v) is 5.49. The predicted octanol–water partition coefficient (Wildman–Crippen LogP) is -4.53. The maximum atomic E-state index is 10.9. The molecule has 0 fully saturated rings. The summed E-state index contributed by atoms with van der Waals surface area (Å²) in [6, 6.07) is 0. The molecule has 0 saturated heterocycles. The molecule has 0 radical (unpaired) electrons. The van der Waals surface area contributed by atoms with E-state index < -0.39 is 45.1 Å². The van der Waals surface area contributed by atoms with Crippen LogP contribution in [0.3, 0.4) is 0 Å². The summed E-state index contributed by atoms with van der Waals surface area (Å²) in [5.41, 5.74) is 0. The van der Waals surface area contributed by atoms with Gasteiger partial charge < -0.3 is 39.3 Å². The number of ketones is 1. The Bertz CT molecular complexity index is 279. The summed E-state index contributed by atoms with van der Waals surface area (Å²) in [5.74, 6) is -1.31. The molecule has 0 heterocycles. The largest absolute Gasteiger partial charge is 2.00 e. The van der Waals surface area contributed by atoms with Crippen LogP contribution in [-0.2, 0) is 33.4 Å². The minimum Gasteiger partial charge on any atom is -0.790 e. The molecular weight excluding hydrogens is 312 g/mol. The maximum absolute atomic E-state index is 10.9. The molecule has 17 heavy (non-hydrogen) atoms. The molecule has 0 saturated carbocycles. The fourth-order valence-corrected chi connectivity index (χ4v) is 1.02. The van der Waals surface area contributed by atoms with E-state index in [4.69, 9.17) is 20.4 Å². The fourth-order valence-electron chi connectivity index (χ4n) is 0.737. The van der Waals surface area contributed by atoms with Gasteiger partial charge in [-0.1, -0.05) is 0 Å². The van der Waals surface area contributed by atoms with Crippen molar-refractivity contribution in [2.45, 2.75) is 18.3 Å². The third-order valence-electron chi connectivity index (χ3n) is 1.60. The van der Waals surface area contributed by atoms with E-state index in [1.807, 2.05) is 0 Å². The number of carbonyl (C=O) groups excluding carboxylic acids is 1. The van der Waals surface area contributed by atoms with Gasteiger partial charge in [-0.3, -0.25) is 4.79 Å². The number of carbonyl (C=O) groups is 1. The molecule has 0 rings (SSSR count). The Labute approximate surface area is 109 Å². The summed E-state index contributed by atoms with van der Waals surface area (Å²) in [7, 11) is -5.35. The molecule has 0 aliphatic carbocycles. The molecule has 0 aromatic rings. The molecule has 0 aromatic heterocycles. The number of rotatable bonds is 7. The van der Waals surface area contributed by atoms with Crippen LogP contribution in [0.2, 0.25) is 0 Å². The first-order chi connectivity index (χ1) is 7.19. The molecular formula is C6H11O9PZn. The number of hydrogen-bond donors (Lipinski definition) is 4. The SMILES string of the molecule is O=C(COP(=O)([O-])[O-])[C@@H](O)[C@H](O)[C@H](O)CO.[Zn+2]. The quantitative estimate of drug-likeness (QED) is 0.266. The second kappa shape index (κ2) is 8.36. The fraction of sp³-hybridized carbons (Fsp3) is 0.833. The van der Waals surface area contributed by atoms with Crippen molar-refractivity contribution in [1.29, 1.82) is 0 Å². The number of aliphatic hydroxyl groups is 4. The van der Waals surface area contributed by atoms with Crippen LogP contribution in [0.4, 0.5) is 0 Å². The summed E-state index contributed by atoms with van der Waals surface area (Å²) in [6.45, 7) is -2.16. The van der Waals surface area contributed by atoms with Gasteiger partial charge in [-0.25, -0.2) is 0 Å². The molecule has 96 valence electrons. The first kappa shape index (κ1) is 19.6. The van der Waals surface area contributed by atoms with Crippen molar-refractivity contribution in [3.8, 4) is 0 Å². The molecule has 11 heteroatoms. The Kier molecular flexibility index (Phi) is 9.63. The van der Waals surface area contributed by atoms with E-state index >= 15 is 0 Å². The Hall–Kier alpha value is 0.243. The zero-order valence-electron chi connectivity index (χ0n) is 8.63. The van der Waals surface area contributed by atoms with Crippen LogP contribution in [0.25, 0.3) is 0 Å². The normalized spacial score (nSPS) is 16.8. The van der Waals surface area contributed by atoms with Crippen LogP contribution in [0, 0.1) is 0 Å². The van der Waals surface area contributed by atoms with Gasteiger partial charge in [-0.15, -0.1) is 0 Å². The average molecular weight is 324 g/mol. The molecule has 0 aliphatic heterocycles. The van der Waals surface area contributed by atoms with Crippen molar-refractivity contribution in [3.63, 3.8) is 0 Å². The van der Waals surface area contributed by atoms with E-state index in [1.165, 1.54) is 0 Å². The van der Waals surface area contributed by atoms with Gasteiger partial charge in [0.2, 0.25) is 0 Å². The summed E-state index contributed by atoms with van der Waals surface area (Å²) in [4.78, 5) is 30.9. The van der Waals surface area contributed by atoms with Gasteiger partial charge in [-0.2, -0.15) is 0 Å². The van der Waals surface area contributed by atoms with Crippen molar-refractivity contribution >= 4 is 13.6 Å². The Morgan fingerprint density at radius 2 is 1.76 bits per heavy atom. The summed E-state index contributed by atoms with van der Waals surface area (Å²) < 4.78 is 13.5. The summed E-state index contributed by atoms with van der Waals surface area (Å²) >= 11 is 0. The van der Waals surface area contributed by atoms with Crippen LogP contribution in [0.5, 0.6) is 0 Å². The van der Waals surface area contributed by atoms with E-state index in [0.717, 1.165) is 0 Å². The number of hydrogen-bond acceptors (Lipinski definition) is 9. The van der Waals surface area contributed by atoms with Crippen LogP contribution >= 0.6 is 7.82 Å². The molecule has 3 atom stereocenters. The van der Waals surface area contributed by atoms with Crippen molar-refractivity contribution < 1.29 is 63.6 Å². The second-order valence-electron chi connectivity index (χ2n) is 2.87. The monoisotopic (exact) mass is 322 g/mol. The maximum Gasteiger partial charge on any atom is 2.00 e. The number of Topliss-reactive ketones (excluding diaryl/α,β-unsaturated/α-hetero) is 1. The van der Waals surface area contributed by atoms with Crippen molar-refractivity contribution in [2.75, 3.05) is 13.2 Å². The Balaban J connectivity index is 0. The molecule has 0 aliphatic rings. The van der Waals surface area contributed by atoms with E-state index in [2.05, 4.69) is 4.52 Å². The first-order valence-electron chi connectivity index (χ1n) is 4.03. The van der Waals surface area contributed by atoms with Gasteiger partial charge in [0.25, 0.3) is 0 Å². The zero-order valence-corrected chi connectivity index (χ0v) is 12.5. The number of phosphoric ester groups is 1. The molecule has 0 bridgehead atoms. The van der Waals surface area contributed by atoms with Gasteiger partial charge >= 0.3 is 19.5 Å². The smallest absolute Gasteiger partial charge is 0.790 e. The Morgan fingerprint density at radius 1 is 1.29 bits per heavy atom. The molecule has 4 N–H and O–H groups in total. The second-order valence-corrected chi connectivity index (χ2v) is 4.02. The van der Waals surface area contributed by atoms with Crippen molar-refractivity contribution in [1.82, 2.24) is 0 Å². The van der Waals surface area contributed by atoms with Crippen LogP contribution in [-0.4, -0.2) is 57.7 Å². The van der Waals surface area contributed by atoms with Gasteiger partial charge in [0.1, 0.15) is 24.9 Å². The van der Waals surface area contributed by atoms with Crippen LogP contribution < -0.4 is 9.79 Å². The molecule has 0 aromatic carbocycles. The van der Waals surface area contributed by atoms with Gasteiger partial charge in [0, 0.05) is 0 Å². The van der Waals surface area contributed by atoms with E-state index in [1.54, 1.807) is 0 Å². The van der Waals surface area contributed by atoms with Crippen LogP contribution in [0.15, 0.2) is 0 Å². The molecule has 0 spiro atoms. The van der Waals surface area contributed by atoms with E-state index in [9.17, 15) is 19.1 Å². The van der Waals surface area contributed by atoms with Gasteiger partial charge in [0.15, 0.2) is 5.78 Å². The summed E-state index contributed by atoms with van der Waals surface area (Å²) in [6.07, 6.45) is -5.93. The Morgan fingerprint density at radius 3 is 2.12 bits per heavy atom.